The minimum atomic E-state index is -0.791. The maximum absolute atomic E-state index is 13.7. The van der Waals surface area contributed by atoms with Crippen molar-refractivity contribution in [2.24, 2.45) is 0 Å². The fourth-order valence-electron chi connectivity index (χ4n) is 4.07. The Morgan fingerprint density at radius 2 is 1.45 bits per heavy atom. The number of amides is 2. The van der Waals surface area contributed by atoms with Crippen LogP contribution >= 0.6 is 0 Å². The van der Waals surface area contributed by atoms with Gasteiger partial charge in [-0.1, -0.05) is 75.4 Å². The van der Waals surface area contributed by atoms with E-state index in [-0.39, 0.29) is 36.2 Å². The molecule has 38 heavy (non-hydrogen) atoms. The molecule has 6 heteroatoms. The van der Waals surface area contributed by atoms with Crippen molar-refractivity contribution in [3.63, 3.8) is 0 Å². The SMILES string of the molecule is CC(C)(C)NC(=O)[C@@H](Cc1ccccc1)N(Cc1ccc(F)cc1)C(=O)COc1ccc(C(C)(C)C)cc1. The smallest absolute Gasteiger partial charge is 0.261 e. The van der Waals surface area contributed by atoms with E-state index in [2.05, 4.69) is 26.1 Å². The van der Waals surface area contributed by atoms with Crippen molar-refractivity contribution in [2.45, 2.75) is 71.5 Å². The summed E-state index contributed by atoms with van der Waals surface area (Å²) in [6.07, 6.45) is 0.329. The first-order valence-corrected chi connectivity index (χ1v) is 12.9. The molecule has 0 heterocycles. The molecule has 0 unspecified atom stereocenters. The van der Waals surface area contributed by atoms with Crippen LogP contribution in [0.1, 0.15) is 58.2 Å². The molecule has 0 fully saturated rings. The second-order valence-corrected chi connectivity index (χ2v) is 11.7. The van der Waals surface area contributed by atoms with Crippen LogP contribution in [0.3, 0.4) is 0 Å². The van der Waals surface area contributed by atoms with E-state index in [1.807, 2.05) is 75.4 Å². The molecule has 2 amide bonds. The van der Waals surface area contributed by atoms with Gasteiger partial charge in [-0.15, -0.1) is 0 Å². The van der Waals surface area contributed by atoms with Gasteiger partial charge in [0.15, 0.2) is 6.61 Å². The predicted molar refractivity (Wildman–Crippen MR) is 149 cm³/mol. The predicted octanol–water partition coefficient (Wildman–Crippen LogP) is 6.06. The highest BCUT2D eigenvalue weighted by atomic mass is 19.1. The Morgan fingerprint density at radius 1 is 0.842 bits per heavy atom. The number of carbonyl (C=O) groups is 2. The van der Waals surface area contributed by atoms with E-state index >= 15 is 0 Å². The summed E-state index contributed by atoms with van der Waals surface area (Å²) >= 11 is 0. The van der Waals surface area contributed by atoms with Crippen molar-refractivity contribution in [1.82, 2.24) is 10.2 Å². The summed E-state index contributed by atoms with van der Waals surface area (Å²) < 4.78 is 19.5. The molecular weight excluding hydrogens is 479 g/mol. The standard InChI is InChI=1S/C32H39FN2O3/c1-31(2,3)25-14-18-27(19-15-25)38-22-29(36)35(21-24-12-16-26(33)17-13-24)28(30(37)34-32(4,5)6)20-23-10-8-7-9-11-23/h7-19,28H,20-22H2,1-6H3,(H,34,37)/t28-/m1/s1. The molecular formula is C32H39FN2O3. The van der Waals surface area contributed by atoms with Crippen LogP contribution in [0.5, 0.6) is 5.75 Å². The Morgan fingerprint density at radius 3 is 2.00 bits per heavy atom. The highest BCUT2D eigenvalue weighted by Gasteiger charge is 2.32. The van der Waals surface area contributed by atoms with Crippen LogP contribution in [0.4, 0.5) is 4.39 Å². The highest BCUT2D eigenvalue weighted by molar-refractivity contribution is 5.89. The first kappa shape index (κ1) is 28.9. The van der Waals surface area contributed by atoms with Gasteiger partial charge in [-0.25, -0.2) is 4.39 Å². The summed E-state index contributed by atoms with van der Waals surface area (Å²) in [5.74, 6) is -0.377. The lowest BCUT2D eigenvalue weighted by atomic mass is 9.87. The summed E-state index contributed by atoms with van der Waals surface area (Å²) in [7, 11) is 0. The zero-order valence-electron chi connectivity index (χ0n) is 23.3. The van der Waals surface area contributed by atoms with E-state index in [1.165, 1.54) is 17.0 Å². The highest BCUT2D eigenvalue weighted by Crippen LogP contribution is 2.24. The molecule has 0 bridgehead atoms. The van der Waals surface area contributed by atoms with Gasteiger partial charge in [0, 0.05) is 18.5 Å². The van der Waals surface area contributed by atoms with E-state index in [9.17, 15) is 14.0 Å². The molecule has 3 aromatic carbocycles. The van der Waals surface area contributed by atoms with Crippen molar-refractivity contribution in [2.75, 3.05) is 6.61 Å². The number of nitrogens with one attached hydrogen (secondary N) is 1. The number of benzene rings is 3. The van der Waals surface area contributed by atoms with Crippen LogP contribution in [0, 0.1) is 5.82 Å². The molecule has 5 nitrogen and oxygen atoms in total. The van der Waals surface area contributed by atoms with Gasteiger partial charge >= 0.3 is 0 Å². The van der Waals surface area contributed by atoms with E-state index in [4.69, 9.17) is 4.74 Å². The third-order valence-electron chi connectivity index (χ3n) is 6.12. The summed E-state index contributed by atoms with van der Waals surface area (Å²) in [6, 6.07) is 22.5. The zero-order chi connectivity index (χ0) is 27.9. The van der Waals surface area contributed by atoms with E-state index in [0.717, 1.165) is 16.7 Å². The topological polar surface area (TPSA) is 58.6 Å². The van der Waals surface area contributed by atoms with Gasteiger partial charge < -0.3 is 15.0 Å². The number of halogens is 1. The quantitative estimate of drug-likeness (QED) is 0.375. The molecule has 0 aliphatic carbocycles. The molecule has 1 N–H and O–H groups in total. The molecule has 0 aromatic heterocycles. The van der Waals surface area contributed by atoms with Crippen LogP contribution in [-0.4, -0.2) is 34.9 Å². The van der Waals surface area contributed by atoms with Crippen molar-refractivity contribution in [1.29, 1.82) is 0 Å². The van der Waals surface area contributed by atoms with Gasteiger partial charge in [-0.2, -0.15) is 0 Å². The maximum Gasteiger partial charge on any atom is 0.261 e. The average molecular weight is 519 g/mol. The normalized spacial score (nSPS) is 12.5. The van der Waals surface area contributed by atoms with Crippen molar-refractivity contribution in [3.8, 4) is 5.75 Å². The first-order chi connectivity index (χ1) is 17.8. The Kier molecular flexibility index (Phi) is 9.31. The van der Waals surface area contributed by atoms with Crippen LogP contribution in [0.15, 0.2) is 78.9 Å². The van der Waals surface area contributed by atoms with Gasteiger partial charge in [0.25, 0.3) is 5.91 Å². The minimum absolute atomic E-state index is 0.00534. The summed E-state index contributed by atoms with van der Waals surface area (Å²) in [4.78, 5) is 28.7. The Hall–Kier alpha value is -3.67. The molecule has 0 radical (unpaired) electrons. The Labute approximate surface area is 226 Å². The van der Waals surface area contributed by atoms with Crippen molar-refractivity contribution < 1.29 is 18.7 Å². The first-order valence-electron chi connectivity index (χ1n) is 12.9. The molecule has 3 aromatic rings. The van der Waals surface area contributed by atoms with Gasteiger partial charge in [-0.05, 0) is 67.1 Å². The number of carbonyl (C=O) groups excluding carboxylic acids is 2. The molecule has 0 aliphatic rings. The summed E-state index contributed by atoms with van der Waals surface area (Å²) in [5.41, 5.74) is 2.33. The largest absolute Gasteiger partial charge is 0.484 e. The van der Waals surface area contributed by atoms with Crippen LogP contribution in [0.2, 0.25) is 0 Å². The average Bonchev–Trinajstić information content (AvgIpc) is 2.85. The van der Waals surface area contributed by atoms with E-state index in [0.29, 0.717) is 12.2 Å². The van der Waals surface area contributed by atoms with E-state index in [1.54, 1.807) is 12.1 Å². The molecule has 0 saturated heterocycles. The monoisotopic (exact) mass is 518 g/mol. The molecule has 202 valence electrons. The third kappa shape index (κ3) is 8.72. The fraction of sp³-hybridized carbons (Fsp3) is 0.375. The number of rotatable bonds is 9. The second kappa shape index (κ2) is 12.2. The minimum Gasteiger partial charge on any atom is -0.484 e. The third-order valence-corrected chi connectivity index (χ3v) is 6.12. The van der Waals surface area contributed by atoms with Crippen LogP contribution in [-0.2, 0) is 28.0 Å². The lowest BCUT2D eigenvalue weighted by Crippen LogP contribution is -2.55. The Bertz CT molecular complexity index is 1190. The van der Waals surface area contributed by atoms with Gasteiger partial charge in [0.2, 0.25) is 5.91 Å². The number of hydrogen-bond acceptors (Lipinski definition) is 3. The lowest BCUT2D eigenvalue weighted by molar-refractivity contribution is -0.143. The lowest BCUT2D eigenvalue weighted by Gasteiger charge is -2.33. The van der Waals surface area contributed by atoms with Crippen LogP contribution in [0.25, 0.3) is 0 Å². The molecule has 3 rings (SSSR count). The summed E-state index contributed by atoms with van der Waals surface area (Å²) in [5, 5.41) is 3.03. The van der Waals surface area contributed by atoms with Gasteiger partial charge in [0.05, 0.1) is 0 Å². The fourth-order valence-corrected chi connectivity index (χ4v) is 4.07. The van der Waals surface area contributed by atoms with Crippen molar-refractivity contribution >= 4 is 11.8 Å². The van der Waals surface area contributed by atoms with Crippen LogP contribution < -0.4 is 10.1 Å². The Balaban J connectivity index is 1.89. The van der Waals surface area contributed by atoms with Gasteiger partial charge in [0.1, 0.15) is 17.6 Å². The molecule has 0 aliphatic heterocycles. The number of hydrogen-bond donors (Lipinski definition) is 1. The maximum atomic E-state index is 13.7. The summed E-state index contributed by atoms with van der Waals surface area (Å²) in [6.45, 7) is 12.0. The zero-order valence-corrected chi connectivity index (χ0v) is 23.3. The molecule has 1 atom stereocenters. The number of ether oxygens (including phenoxy) is 1. The van der Waals surface area contributed by atoms with E-state index < -0.39 is 11.6 Å². The number of nitrogens with zero attached hydrogens (tertiary/aromatic N) is 1. The van der Waals surface area contributed by atoms with Crippen molar-refractivity contribution in [3.05, 3.63) is 101 Å². The second-order valence-electron chi connectivity index (χ2n) is 11.7. The molecule has 0 saturated carbocycles. The van der Waals surface area contributed by atoms with Gasteiger partial charge in [-0.3, -0.25) is 9.59 Å². The molecule has 0 spiro atoms.